The smallest absolute Gasteiger partial charge is 0.227 e. The van der Waals surface area contributed by atoms with Crippen molar-refractivity contribution in [3.05, 3.63) is 88.8 Å². The molecule has 0 unspecified atom stereocenters. The third-order valence-electron chi connectivity index (χ3n) is 5.15. The molecule has 29 heavy (non-hydrogen) atoms. The lowest BCUT2D eigenvalue weighted by Crippen LogP contribution is -2.49. The molecule has 1 saturated heterocycles. The van der Waals surface area contributed by atoms with Crippen LogP contribution in [0.4, 0.5) is 5.82 Å². The van der Waals surface area contributed by atoms with Crippen molar-refractivity contribution >= 4 is 23.3 Å². The van der Waals surface area contributed by atoms with Crippen molar-refractivity contribution in [2.24, 2.45) is 0 Å². The predicted octanol–water partition coefficient (Wildman–Crippen LogP) is 3.61. The highest BCUT2D eigenvalue weighted by molar-refractivity contribution is 6.31. The van der Waals surface area contributed by atoms with Gasteiger partial charge in [-0.3, -0.25) is 4.79 Å². The summed E-state index contributed by atoms with van der Waals surface area (Å²) in [6, 6.07) is 19.7. The summed E-state index contributed by atoms with van der Waals surface area (Å²) in [5.41, 5.74) is 2.07. The third kappa shape index (κ3) is 4.93. The van der Waals surface area contributed by atoms with Crippen LogP contribution in [-0.2, 0) is 17.6 Å². The van der Waals surface area contributed by atoms with Gasteiger partial charge in [0, 0.05) is 43.8 Å². The van der Waals surface area contributed by atoms with Gasteiger partial charge in [0.25, 0.3) is 0 Å². The number of aromatic nitrogens is 2. The summed E-state index contributed by atoms with van der Waals surface area (Å²) >= 11 is 6.19. The molecule has 1 amide bonds. The van der Waals surface area contributed by atoms with Gasteiger partial charge in [-0.1, -0.05) is 60.1 Å². The van der Waals surface area contributed by atoms with Gasteiger partial charge in [0.15, 0.2) is 0 Å². The molecule has 0 spiro atoms. The van der Waals surface area contributed by atoms with Crippen LogP contribution in [0.2, 0.25) is 5.02 Å². The van der Waals surface area contributed by atoms with Crippen LogP contribution in [0.5, 0.6) is 0 Å². The van der Waals surface area contributed by atoms with E-state index < -0.39 is 0 Å². The van der Waals surface area contributed by atoms with E-state index in [1.165, 1.54) is 5.56 Å². The zero-order valence-electron chi connectivity index (χ0n) is 16.2. The molecule has 148 valence electrons. The molecule has 2 heterocycles. The average molecular weight is 407 g/mol. The zero-order chi connectivity index (χ0) is 20.1. The van der Waals surface area contributed by atoms with Gasteiger partial charge in [-0.05, 0) is 23.3 Å². The van der Waals surface area contributed by atoms with Gasteiger partial charge >= 0.3 is 0 Å². The lowest BCUT2D eigenvalue weighted by Gasteiger charge is -2.35. The minimum absolute atomic E-state index is 0.116. The quantitative estimate of drug-likeness (QED) is 0.649. The van der Waals surface area contributed by atoms with Crippen LogP contribution in [0.15, 0.2) is 66.9 Å². The van der Waals surface area contributed by atoms with Crippen LogP contribution >= 0.6 is 11.6 Å². The van der Waals surface area contributed by atoms with Crippen LogP contribution in [0, 0.1) is 0 Å². The van der Waals surface area contributed by atoms with Crippen molar-refractivity contribution in [3.8, 4) is 0 Å². The monoisotopic (exact) mass is 406 g/mol. The van der Waals surface area contributed by atoms with Crippen molar-refractivity contribution in [2.75, 3.05) is 31.1 Å². The molecule has 4 rings (SSSR count). The number of anilines is 1. The third-order valence-corrected chi connectivity index (χ3v) is 5.52. The molecule has 2 aromatic carbocycles. The molecule has 0 atom stereocenters. The number of carbonyl (C=O) groups is 1. The van der Waals surface area contributed by atoms with E-state index in [0.717, 1.165) is 30.3 Å². The lowest BCUT2D eigenvalue weighted by atomic mass is 10.1. The molecule has 0 bridgehead atoms. The summed E-state index contributed by atoms with van der Waals surface area (Å²) in [6.07, 6.45) is 2.87. The summed E-state index contributed by atoms with van der Waals surface area (Å²) in [5, 5.41) is 0.645. The number of amides is 1. The van der Waals surface area contributed by atoms with Crippen molar-refractivity contribution in [3.63, 3.8) is 0 Å². The number of piperazine rings is 1. The molecule has 1 aliphatic rings. The number of nitrogens with zero attached hydrogens (tertiary/aromatic N) is 4. The van der Waals surface area contributed by atoms with Crippen molar-refractivity contribution < 1.29 is 4.79 Å². The molecule has 0 radical (unpaired) electrons. The lowest BCUT2D eigenvalue weighted by molar-refractivity contribution is -0.130. The van der Waals surface area contributed by atoms with Crippen LogP contribution in [-0.4, -0.2) is 47.0 Å². The van der Waals surface area contributed by atoms with Gasteiger partial charge in [-0.25, -0.2) is 9.97 Å². The summed E-state index contributed by atoms with van der Waals surface area (Å²) < 4.78 is 0. The number of benzene rings is 2. The molecule has 1 aliphatic heterocycles. The Kier molecular flexibility index (Phi) is 6.06. The first-order valence-corrected chi connectivity index (χ1v) is 10.2. The van der Waals surface area contributed by atoms with Crippen LogP contribution in [0.25, 0.3) is 0 Å². The molecule has 1 aromatic heterocycles. The van der Waals surface area contributed by atoms with E-state index in [0.29, 0.717) is 31.0 Å². The van der Waals surface area contributed by atoms with Crippen LogP contribution in [0.1, 0.15) is 17.0 Å². The molecule has 0 aliphatic carbocycles. The number of halogens is 1. The van der Waals surface area contributed by atoms with Gasteiger partial charge < -0.3 is 9.80 Å². The second kappa shape index (κ2) is 9.05. The first-order valence-electron chi connectivity index (χ1n) is 9.81. The maximum Gasteiger partial charge on any atom is 0.227 e. The van der Waals surface area contributed by atoms with E-state index in [1.807, 2.05) is 59.6 Å². The molecule has 3 aromatic rings. The molecule has 5 nitrogen and oxygen atoms in total. The number of carbonyl (C=O) groups excluding carboxylic acids is 1. The van der Waals surface area contributed by atoms with Gasteiger partial charge in [0.1, 0.15) is 11.6 Å². The summed E-state index contributed by atoms with van der Waals surface area (Å²) in [4.78, 5) is 25.9. The fourth-order valence-electron chi connectivity index (χ4n) is 3.53. The largest absolute Gasteiger partial charge is 0.353 e. The normalized spacial score (nSPS) is 14.1. The Balaban J connectivity index is 1.35. The zero-order valence-corrected chi connectivity index (χ0v) is 16.9. The maximum atomic E-state index is 12.6. The number of rotatable bonds is 5. The van der Waals surface area contributed by atoms with Crippen molar-refractivity contribution in [2.45, 2.75) is 12.8 Å². The van der Waals surface area contributed by atoms with E-state index in [2.05, 4.69) is 22.0 Å². The first kappa shape index (κ1) is 19.4. The minimum Gasteiger partial charge on any atom is -0.353 e. The number of hydrogen-bond donors (Lipinski definition) is 0. The van der Waals surface area contributed by atoms with E-state index in [4.69, 9.17) is 16.6 Å². The second-order valence-electron chi connectivity index (χ2n) is 7.13. The highest BCUT2D eigenvalue weighted by atomic mass is 35.5. The van der Waals surface area contributed by atoms with E-state index in [1.54, 1.807) is 0 Å². The Hall–Kier alpha value is -2.92. The van der Waals surface area contributed by atoms with Gasteiger partial charge in [-0.15, -0.1) is 0 Å². The van der Waals surface area contributed by atoms with Gasteiger partial charge in [0.05, 0.1) is 6.42 Å². The Labute approximate surface area is 176 Å². The summed E-state index contributed by atoms with van der Waals surface area (Å²) in [5.74, 6) is 1.85. The second-order valence-corrected chi connectivity index (χ2v) is 7.54. The van der Waals surface area contributed by atoms with Gasteiger partial charge in [0.2, 0.25) is 5.91 Å². The predicted molar refractivity (Wildman–Crippen MR) is 115 cm³/mol. The van der Waals surface area contributed by atoms with E-state index in [9.17, 15) is 4.79 Å². The average Bonchev–Trinajstić information content (AvgIpc) is 2.76. The molecular formula is C23H23ClN4O. The standard InChI is InChI=1S/C23H23ClN4O/c24-20-9-5-4-8-19(20)17-23(29)28-14-12-27(13-15-28)22-10-11-25-21(26-22)16-18-6-2-1-3-7-18/h1-11H,12-17H2. The van der Waals surface area contributed by atoms with E-state index >= 15 is 0 Å². The molecule has 0 N–H and O–H groups in total. The SMILES string of the molecule is O=C(Cc1ccccc1Cl)N1CCN(c2ccnc(Cc3ccccc3)n2)CC1. The number of hydrogen-bond acceptors (Lipinski definition) is 4. The van der Waals surface area contributed by atoms with Crippen LogP contribution < -0.4 is 4.90 Å². The summed E-state index contributed by atoms with van der Waals surface area (Å²) in [7, 11) is 0. The van der Waals surface area contributed by atoms with Gasteiger partial charge in [-0.2, -0.15) is 0 Å². The summed E-state index contributed by atoms with van der Waals surface area (Å²) in [6.45, 7) is 2.88. The highest BCUT2D eigenvalue weighted by Gasteiger charge is 2.22. The Bertz CT molecular complexity index is 971. The molecule has 0 saturated carbocycles. The van der Waals surface area contributed by atoms with E-state index in [-0.39, 0.29) is 5.91 Å². The molecule has 1 fully saturated rings. The Morgan fingerprint density at radius 3 is 2.41 bits per heavy atom. The fourth-order valence-corrected chi connectivity index (χ4v) is 3.73. The van der Waals surface area contributed by atoms with Crippen LogP contribution in [0.3, 0.4) is 0 Å². The van der Waals surface area contributed by atoms with Crippen molar-refractivity contribution in [1.82, 2.24) is 14.9 Å². The molecule has 6 heteroatoms. The fraction of sp³-hybridized carbons (Fsp3) is 0.261. The minimum atomic E-state index is 0.116. The topological polar surface area (TPSA) is 49.3 Å². The first-order chi connectivity index (χ1) is 14.2. The Morgan fingerprint density at radius 1 is 0.931 bits per heavy atom. The maximum absolute atomic E-state index is 12.6. The highest BCUT2D eigenvalue weighted by Crippen LogP contribution is 2.18. The van der Waals surface area contributed by atoms with Crippen molar-refractivity contribution in [1.29, 1.82) is 0 Å². The Morgan fingerprint density at radius 2 is 1.66 bits per heavy atom. The molecular weight excluding hydrogens is 384 g/mol.